The van der Waals surface area contributed by atoms with Gasteiger partial charge in [-0.3, -0.25) is 14.5 Å². The van der Waals surface area contributed by atoms with Gasteiger partial charge in [0.15, 0.2) is 5.13 Å². The van der Waals surface area contributed by atoms with E-state index in [2.05, 4.69) is 25.8 Å². The summed E-state index contributed by atoms with van der Waals surface area (Å²) < 4.78 is 17.3. The quantitative estimate of drug-likeness (QED) is 0.119. The van der Waals surface area contributed by atoms with E-state index in [4.69, 9.17) is 19.9 Å². The van der Waals surface area contributed by atoms with Gasteiger partial charge in [-0.2, -0.15) is 0 Å². The Balaban J connectivity index is 1.56. The third-order valence-electron chi connectivity index (χ3n) is 6.52. The average molecular weight is 684 g/mol. The molecule has 45 heavy (non-hydrogen) atoms. The van der Waals surface area contributed by atoms with Crippen molar-refractivity contribution < 1.29 is 33.4 Å². The van der Waals surface area contributed by atoms with E-state index < -0.39 is 29.2 Å². The van der Waals surface area contributed by atoms with Crippen LogP contribution in [-0.4, -0.2) is 109 Å². The van der Waals surface area contributed by atoms with Gasteiger partial charge in [0.2, 0.25) is 23.3 Å². The number of thioether (sulfide) groups is 2. The summed E-state index contributed by atoms with van der Waals surface area (Å²) >= 11 is 3.81. The van der Waals surface area contributed by atoms with E-state index in [1.54, 1.807) is 10.1 Å². The smallest absolute Gasteiger partial charge is 0.434 e. The number of nitrogens with zero attached hydrogens (tertiary/aromatic N) is 7. The van der Waals surface area contributed by atoms with Gasteiger partial charge < -0.3 is 30.2 Å². The van der Waals surface area contributed by atoms with Crippen molar-refractivity contribution in [3.8, 4) is 0 Å². The maximum Gasteiger partial charge on any atom is 0.511 e. The highest BCUT2D eigenvalue weighted by atomic mass is 32.2. The Kier molecular flexibility index (Phi) is 12.0. The number of fused-ring (bicyclic) bond motifs is 1. The molecule has 0 spiro atoms. The molecule has 4 heterocycles. The second-order valence-corrected chi connectivity index (χ2v) is 14.0. The van der Waals surface area contributed by atoms with Crippen molar-refractivity contribution in [2.75, 3.05) is 38.7 Å². The zero-order valence-electron chi connectivity index (χ0n) is 25.6. The Morgan fingerprint density at radius 1 is 1.24 bits per heavy atom. The van der Waals surface area contributed by atoms with Crippen LogP contribution in [0.25, 0.3) is 0 Å². The highest BCUT2D eigenvalue weighted by molar-refractivity contribution is 8.01. The van der Waals surface area contributed by atoms with E-state index in [-0.39, 0.29) is 42.7 Å². The van der Waals surface area contributed by atoms with Crippen molar-refractivity contribution in [1.82, 2.24) is 40.3 Å². The molecular formula is C26H37N9O7S3. The van der Waals surface area contributed by atoms with Crippen LogP contribution < -0.4 is 11.1 Å². The molecule has 3 atom stereocenters. The number of carbonyl (C=O) groups excluding carboxylic acids is 4. The molecule has 2 aromatic heterocycles. The minimum Gasteiger partial charge on any atom is -0.434 e. The lowest BCUT2D eigenvalue weighted by molar-refractivity contribution is -0.168. The lowest BCUT2D eigenvalue weighted by atomic mass is 10.1. The summed E-state index contributed by atoms with van der Waals surface area (Å²) in [6, 6.07) is 0. The fraction of sp³-hybridized carbons (Fsp3) is 0.615. The van der Waals surface area contributed by atoms with Gasteiger partial charge in [-0.05, 0) is 36.9 Å². The number of nitrogen functional groups attached to an aromatic ring is 1. The fourth-order valence-electron chi connectivity index (χ4n) is 4.20. The number of thiazole rings is 1. The van der Waals surface area contributed by atoms with E-state index in [0.717, 1.165) is 0 Å². The van der Waals surface area contributed by atoms with Gasteiger partial charge in [-0.25, -0.2) is 19.3 Å². The van der Waals surface area contributed by atoms with Crippen molar-refractivity contribution in [2.45, 2.75) is 68.8 Å². The van der Waals surface area contributed by atoms with Crippen LogP contribution in [0, 0.1) is 5.92 Å². The Hall–Kier alpha value is -3.42. The zero-order valence-corrected chi connectivity index (χ0v) is 28.1. The summed E-state index contributed by atoms with van der Waals surface area (Å²) in [6.07, 6.45) is -1.49. The monoisotopic (exact) mass is 683 g/mol. The van der Waals surface area contributed by atoms with E-state index in [9.17, 15) is 19.2 Å². The molecule has 2 aromatic rings. The van der Waals surface area contributed by atoms with Crippen LogP contribution >= 0.6 is 34.9 Å². The first kappa shape index (κ1) is 34.5. The van der Waals surface area contributed by atoms with Crippen molar-refractivity contribution in [3.63, 3.8) is 0 Å². The number of nitrogens with two attached hydrogens (primary N) is 1. The lowest BCUT2D eigenvalue weighted by Gasteiger charge is -2.47. The van der Waals surface area contributed by atoms with E-state index >= 15 is 0 Å². The Labute approximate surface area is 272 Å². The number of rotatable bonds is 15. The molecule has 0 saturated carbocycles. The van der Waals surface area contributed by atoms with Gasteiger partial charge in [0.1, 0.15) is 11.1 Å². The second kappa shape index (κ2) is 15.7. The van der Waals surface area contributed by atoms with Crippen LogP contribution in [0.15, 0.2) is 21.8 Å². The predicted octanol–water partition coefficient (Wildman–Crippen LogP) is 1.70. The van der Waals surface area contributed by atoms with Gasteiger partial charge in [0.05, 0.1) is 37.1 Å². The van der Waals surface area contributed by atoms with Crippen molar-refractivity contribution in [2.24, 2.45) is 5.92 Å². The van der Waals surface area contributed by atoms with Crippen LogP contribution in [-0.2, 0) is 41.6 Å². The standard InChI is InChI=1S/C26H37N9O7S3/c1-14(2)6-9-40-26(39)42-15(3)41-23(38)21-17(13-44-25-30-31-32-34(25)8-7-33(4)5)22(45-20-11-19(37)35(20)21)29-18(36)10-16-12-43-24(27)28-16/h12,14-15,20,22H,6-11,13H2,1-5H3,(H2,27,28)(H,29,36)/t15?,20-,22?/m1/s1. The number of aromatic nitrogens is 5. The normalized spacial score (nSPS) is 18.5. The molecule has 0 radical (unpaired) electrons. The number of β-lactam (4-membered cyclic amide) rings is 1. The van der Waals surface area contributed by atoms with Crippen molar-refractivity contribution in [3.05, 3.63) is 22.3 Å². The summed E-state index contributed by atoms with van der Waals surface area (Å²) in [6.45, 7) is 6.73. The largest absolute Gasteiger partial charge is 0.511 e. The Bertz CT molecular complexity index is 1410. The van der Waals surface area contributed by atoms with Crippen LogP contribution in [0.1, 0.15) is 39.3 Å². The minimum absolute atomic E-state index is 0.0230. The molecule has 1 fully saturated rings. The molecular weight excluding hydrogens is 647 g/mol. The molecule has 2 aliphatic heterocycles. The number of hydrogen-bond donors (Lipinski definition) is 2. The first-order valence-corrected chi connectivity index (χ1v) is 17.0. The number of carbonyl (C=O) groups is 4. The molecule has 1 saturated heterocycles. The van der Waals surface area contributed by atoms with Crippen molar-refractivity contribution >= 4 is 63.9 Å². The summed E-state index contributed by atoms with van der Waals surface area (Å²) in [5.74, 6) is -1.04. The SMILES string of the molecule is CC(C)CCOC(=O)OC(C)OC(=O)C1=C(CSc2nnnn2CCN(C)C)C(NC(=O)Cc2csc(N)n2)S[C@@H]2CC(=O)N12. The summed E-state index contributed by atoms with van der Waals surface area (Å²) in [4.78, 5) is 59.2. The topological polar surface area (TPSA) is 197 Å². The number of likely N-dealkylation sites (N-methyl/N-ethyl adjacent to an activating group) is 1. The number of amides is 2. The first-order valence-electron chi connectivity index (χ1n) is 14.2. The van der Waals surface area contributed by atoms with Crippen LogP contribution in [0.5, 0.6) is 0 Å². The molecule has 16 nitrogen and oxygen atoms in total. The molecule has 19 heteroatoms. The van der Waals surface area contributed by atoms with Gasteiger partial charge in [-0.15, -0.1) is 28.2 Å². The minimum atomic E-state index is -1.31. The summed E-state index contributed by atoms with van der Waals surface area (Å²) in [5, 5.41) is 16.4. The van der Waals surface area contributed by atoms with Gasteiger partial charge in [-0.1, -0.05) is 25.6 Å². The highest BCUT2D eigenvalue weighted by Gasteiger charge is 2.49. The van der Waals surface area contributed by atoms with Gasteiger partial charge in [0, 0.05) is 30.2 Å². The average Bonchev–Trinajstić information content (AvgIpc) is 3.57. The number of esters is 1. The van der Waals surface area contributed by atoms with Gasteiger partial charge >= 0.3 is 12.1 Å². The molecule has 2 amide bonds. The van der Waals surface area contributed by atoms with E-state index in [1.165, 1.54) is 46.7 Å². The first-order chi connectivity index (χ1) is 21.4. The van der Waals surface area contributed by atoms with Crippen molar-refractivity contribution in [1.29, 1.82) is 0 Å². The fourth-order valence-corrected chi connectivity index (χ4v) is 7.28. The second-order valence-electron chi connectivity index (χ2n) is 10.9. The van der Waals surface area contributed by atoms with Gasteiger partial charge in [0.25, 0.3) is 0 Å². The van der Waals surface area contributed by atoms with E-state index in [0.29, 0.717) is 47.0 Å². The molecule has 0 aromatic carbocycles. The number of nitrogens with one attached hydrogen (secondary N) is 1. The number of hydrogen-bond acceptors (Lipinski definition) is 16. The summed E-state index contributed by atoms with van der Waals surface area (Å²) in [7, 11) is 3.87. The predicted molar refractivity (Wildman–Crippen MR) is 167 cm³/mol. The molecule has 2 unspecified atom stereocenters. The third kappa shape index (κ3) is 9.54. The van der Waals surface area contributed by atoms with Crippen LogP contribution in [0.4, 0.5) is 9.93 Å². The van der Waals surface area contributed by atoms with Crippen LogP contribution in [0.2, 0.25) is 0 Å². The van der Waals surface area contributed by atoms with E-state index in [1.807, 2.05) is 32.8 Å². The van der Waals surface area contributed by atoms with Crippen LogP contribution in [0.3, 0.4) is 0 Å². The number of anilines is 1. The number of tetrazole rings is 1. The third-order valence-corrected chi connectivity index (χ3v) is 9.62. The molecule has 2 aliphatic rings. The Morgan fingerprint density at radius 2 is 2.02 bits per heavy atom. The molecule has 4 rings (SSSR count). The molecule has 3 N–H and O–H groups in total. The molecule has 246 valence electrons. The zero-order chi connectivity index (χ0) is 32.7. The lowest BCUT2D eigenvalue weighted by Crippen LogP contribution is -2.58. The maximum atomic E-state index is 13.7. The Morgan fingerprint density at radius 3 is 2.69 bits per heavy atom. The maximum absolute atomic E-state index is 13.7. The molecule has 0 bridgehead atoms. The molecule has 0 aliphatic carbocycles. The summed E-state index contributed by atoms with van der Waals surface area (Å²) in [5.41, 5.74) is 6.63. The highest BCUT2D eigenvalue weighted by Crippen LogP contribution is 2.44. The number of ether oxygens (including phenoxy) is 3.